The zero-order valence-corrected chi connectivity index (χ0v) is 22.3. The Labute approximate surface area is 238 Å². The highest BCUT2D eigenvalue weighted by Gasteiger charge is 2.26. The Morgan fingerprint density at radius 2 is 1.63 bits per heavy atom. The van der Waals surface area contributed by atoms with E-state index in [0.717, 1.165) is 28.0 Å². The van der Waals surface area contributed by atoms with Crippen LogP contribution in [0.25, 0.3) is 43.6 Å². The molecule has 2 aliphatic rings. The second-order valence-electron chi connectivity index (χ2n) is 10.1. The first-order valence-electron chi connectivity index (χ1n) is 13.4. The average molecular weight is 526 g/mol. The van der Waals surface area contributed by atoms with Crippen LogP contribution in [0.3, 0.4) is 0 Å². The van der Waals surface area contributed by atoms with Gasteiger partial charge in [-0.15, -0.1) is 0 Å². The van der Waals surface area contributed by atoms with Gasteiger partial charge in [-0.05, 0) is 82.3 Å². The van der Waals surface area contributed by atoms with Crippen LogP contribution in [0.5, 0.6) is 0 Å². The van der Waals surface area contributed by atoms with E-state index in [9.17, 15) is 5.26 Å². The second kappa shape index (κ2) is 9.72. The molecule has 0 unspecified atom stereocenters. The predicted molar refractivity (Wildman–Crippen MR) is 166 cm³/mol. The SMILES string of the molecule is [C-]#[N+]/C(C#N)=C1/C=C(C)OC(/C=C/c2ccc3c4c(cccc24)-c2ccccc2N3c2ccc3ccccc3c2)=C1. The Morgan fingerprint density at radius 1 is 0.829 bits per heavy atom. The van der Waals surface area contributed by atoms with E-state index in [0.29, 0.717) is 17.1 Å². The molecule has 0 saturated heterocycles. The summed E-state index contributed by atoms with van der Waals surface area (Å²) in [6, 6.07) is 36.4. The predicted octanol–water partition coefficient (Wildman–Crippen LogP) is 9.97. The van der Waals surface area contributed by atoms with E-state index in [-0.39, 0.29) is 5.70 Å². The fourth-order valence-corrected chi connectivity index (χ4v) is 5.79. The number of benzene rings is 5. The van der Waals surface area contributed by atoms with E-state index in [1.807, 2.05) is 25.1 Å². The third-order valence-corrected chi connectivity index (χ3v) is 7.57. The fourth-order valence-electron chi connectivity index (χ4n) is 5.79. The normalized spacial score (nSPS) is 15.0. The molecule has 0 amide bonds. The standard InChI is InChI=1S/C37H23N3O/c1-24-20-28(34(23-38)39-2)22-30(41-24)18-15-26-16-19-36-37-31(26)11-7-12-33(37)32-10-5-6-13-35(32)40(36)29-17-14-25-8-3-4-9-27(25)21-29/h3-22H,1H3/b18-15+,34-28-. The van der Waals surface area contributed by atoms with Gasteiger partial charge in [-0.3, -0.25) is 0 Å². The van der Waals surface area contributed by atoms with Crippen LogP contribution in [0, 0.1) is 17.9 Å². The molecule has 4 heteroatoms. The molecule has 0 radical (unpaired) electrons. The molecule has 2 heterocycles. The van der Waals surface area contributed by atoms with Gasteiger partial charge in [0.1, 0.15) is 11.5 Å². The molecule has 2 aliphatic heterocycles. The lowest BCUT2D eigenvalue weighted by Gasteiger charge is -2.34. The smallest absolute Gasteiger partial charge is 0.269 e. The molecule has 0 atom stereocenters. The van der Waals surface area contributed by atoms with Crippen molar-refractivity contribution >= 4 is 44.7 Å². The van der Waals surface area contributed by atoms with Gasteiger partial charge in [0.25, 0.3) is 5.70 Å². The van der Waals surface area contributed by atoms with E-state index < -0.39 is 0 Å². The molecule has 5 aromatic carbocycles. The van der Waals surface area contributed by atoms with Crippen molar-refractivity contribution in [1.29, 1.82) is 5.26 Å². The first kappa shape index (κ1) is 24.2. The average Bonchev–Trinajstić information content (AvgIpc) is 3.01. The molecule has 0 fully saturated rings. The van der Waals surface area contributed by atoms with Gasteiger partial charge >= 0.3 is 0 Å². The van der Waals surface area contributed by atoms with Gasteiger partial charge in [0.15, 0.2) is 0 Å². The summed E-state index contributed by atoms with van der Waals surface area (Å²) < 4.78 is 5.91. The maximum atomic E-state index is 9.34. The van der Waals surface area contributed by atoms with Gasteiger partial charge in [-0.1, -0.05) is 78.9 Å². The van der Waals surface area contributed by atoms with E-state index >= 15 is 0 Å². The molecule has 0 aliphatic carbocycles. The van der Waals surface area contributed by atoms with Crippen LogP contribution in [0.2, 0.25) is 0 Å². The van der Waals surface area contributed by atoms with Crippen molar-refractivity contribution in [1.82, 2.24) is 0 Å². The number of nitrogens with zero attached hydrogens (tertiary/aromatic N) is 3. The summed E-state index contributed by atoms with van der Waals surface area (Å²) in [5, 5.41) is 14.1. The molecule has 192 valence electrons. The van der Waals surface area contributed by atoms with Crippen LogP contribution >= 0.6 is 0 Å². The number of ether oxygens (including phenoxy) is 1. The van der Waals surface area contributed by atoms with Gasteiger partial charge in [-0.2, -0.15) is 0 Å². The Hall–Kier alpha value is -5.84. The van der Waals surface area contributed by atoms with Crippen LogP contribution < -0.4 is 4.90 Å². The summed E-state index contributed by atoms with van der Waals surface area (Å²) in [5.41, 5.74) is 7.46. The van der Waals surface area contributed by atoms with Crippen LogP contribution in [0.4, 0.5) is 17.1 Å². The summed E-state index contributed by atoms with van der Waals surface area (Å²) in [7, 11) is 0. The largest absolute Gasteiger partial charge is 0.462 e. The minimum atomic E-state index is 0.0487. The molecule has 0 bridgehead atoms. The van der Waals surface area contributed by atoms with E-state index in [1.54, 1.807) is 12.2 Å². The number of hydrogen-bond acceptors (Lipinski definition) is 3. The van der Waals surface area contributed by atoms with Crippen LogP contribution in [0.1, 0.15) is 12.5 Å². The number of rotatable bonds is 3. The number of para-hydroxylation sites is 1. The van der Waals surface area contributed by atoms with E-state index in [4.69, 9.17) is 11.3 Å². The topological polar surface area (TPSA) is 40.6 Å². The first-order valence-corrected chi connectivity index (χ1v) is 13.4. The fraction of sp³-hybridized carbons (Fsp3) is 0.0270. The molecular weight excluding hydrogens is 502 g/mol. The highest BCUT2D eigenvalue weighted by molar-refractivity contribution is 6.15. The van der Waals surface area contributed by atoms with Gasteiger partial charge in [-0.25, -0.2) is 10.1 Å². The summed E-state index contributed by atoms with van der Waals surface area (Å²) in [4.78, 5) is 5.71. The molecule has 7 rings (SSSR count). The number of allylic oxidation sites excluding steroid dienone is 6. The van der Waals surface area contributed by atoms with E-state index in [2.05, 4.69) is 107 Å². The molecule has 0 saturated carbocycles. The van der Waals surface area contributed by atoms with Crippen molar-refractivity contribution in [3.63, 3.8) is 0 Å². The molecular formula is C37H23N3O. The lowest BCUT2D eigenvalue weighted by atomic mass is 9.89. The minimum Gasteiger partial charge on any atom is -0.462 e. The third kappa shape index (κ3) is 4.07. The number of fused-ring (bicyclic) bond motifs is 3. The Balaban J connectivity index is 1.39. The van der Waals surface area contributed by atoms with E-state index in [1.165, 1.54) is 27.3 Å². The molecule has 4 nitrogen and oxygen atoms in total. The monoisotopic (exact) mass is 525 g/mol. The van der Waals surface area contributed by atoms with Crippen molar-refractivity contribution in [2.75, 3.05) is 4.90 Å². The maximum Gasteiger partial charge on any atom is 0.269 e. The highest BCUT2D eigenvalue weighted by Crippen LogP contribution is 2.51. The minimum absolute atomic E-state index is 0.0487. The van der Waals surface area contributed by atoms with Crippen molar-refractivity contribution < 1.29 is 4.74 Å². The summed E-state index contributed by atoms with van der Waals surface area (Å²) in [5.74, 6) is 1.22. The highest BCUT2D eigenvalue weighted by atomic mass is 16.5. The Kier molecular flexibility index (Phi) is 5.74. The first-order chi connectivity index (χ1) is 20.1. The summed E-state index contributed by atoms with van der Waals surface area (Å²) >= 11 is 0. The zero-order chi connectivity index (χ0) is 27.9. The van der Waals surface area contributed by atoms with Gasteiger partial charge in [0, 0.05) is 16.6 Å². The van der Waals surface area contributed by atoms with Gasteiger partial charge in [0.2, 0.25) is 0 Å². The summed E-state index contributed by atoms with van der Waals surface area (Å²) in [6.45, 7) is 9.13. The van der Waals surface area contributed by atoms with Crippen LogP contribution in [0.15, 0.2) is 138 Å². The van der Waals surface area contributed by atoms with Crippen LogP contribution in [-0.2, 0) is 4.74 Å². The van der Waals surface area contributed by atoms with Crippen molar-refractivity contribution in [2.45, 2.75) is 6.92 Å². The molecule has 0 aromatic heterocycles. The van der Waals surface area contributed by atoms with Crippen molar-refractivity contribution in [2.24, 2.45) is 0 Å². The van der Waals surface area contributed by atoms with Crippen LogP contribution in [-0.4, -0.2) is 0 Å². The Bertz CT molecular complexity index is 2100. The Morgan fingerprint density at radius 3 is 2.49 bits per heavy atom. The third-order valence-electron chi connectivity index (χ3n) is 7.57. The summed E-state index contributed by atoms with van der Waals surface area (Å²) in [6.07, 6.45) is 7.39. The lowest BCUT2D eigenvalue weighted by molar-refractivity contribution is 0.318. The second-order valence-corrected chi connectivity index (χ2v) is 10.1. The zero-order valence-electron chi connectivity index (χ0n) is 22.3. The quantitative estimate of drug-likeness (QED) is 0.170. The molecule has 41 heavy (non-hydrogen) atoms. The molecule has 0 N–H and O–H groups in total. The number of hydrogen-bond donors (Lipinski definition) is 0. The molecule has 0 spiro atoms. The number of nitriles is 1. The maximum absolute atomic E-state index is 9.34. The molecule has 5 aromatic rings. The number of anilines is 3. The lowest BCUT2D eigenvalue weighted by Crippen LogP contribution is -2.15. The van der Waals surface area contributed by atoms with Crippen molar-refractivity contribution in [3.8, 4) is 17.2 Å². The van der Waals surface area contributed by atoms with Gasteiger partial charge < -0.3 is 9.64 Å². The van der Waals surface area contributed by atoms with Crippen molar-refractivity contribution in [3.05, 3.63) is 155 Å². The van der Waals surface area contributed by atoms with Gasteiger partial charge in [0.05, 0.1) is 24.0 Å².